The van der Waals surface area contributed by atoms with E-state index in [2.05, 4.69) is 5.32 Å². The number of carbonyl (C=O) groups is 1. The van der Waals surface area contributed by atoms with Gasteiger partial charge in [-0.1, -0.05) is 0 Å². The van der Waals surface area contributed by atoms with Crippen LogP contribution in [0.5, 0.6) is 0 Å². The normalized spacial score (nSPS) is 15.6. The molecule has 1 aliphatic rings. The van der Waals surface area contributed by atoms with Crippen LogP contribution in [0.15, 0.2) is 17.1 Å². The van der Waals surface area contributed by atoms with Crippen LogP contribution in [0.25, 0.3) is 0 Å². The van der Waals surface area contributed by atoms with E-state index in [9.17, 15) is 22.8 Å². The Kier molecular flexibility index (Phi) is 2.92. The van der Waals surface area contributed by atoms with Crippen LogP contribution in [-0.4, -0.2) is 10.5 Å². The highest BCUT2D eigenvalue weighted by Gasteiger charge is 2.33. The summed E-state index contributed by atoms with van der Waals surface area (Å²) < 4.78 is 38.5. The average molecular weight is 260 g/mol. The summed E-state index contributed by atoms with van der Waals surface area (Å²) in [6.45, 7) is 0. The lowest BCUT2D eigenvalue weighted by atomic mass is 10.2. The van der Waals surface area contributed by atoms with Gasteiger partial charge in [-0.05, 0) is 18.9 Å². The number of aromatic nitrogens is 1. The highest BCUT2D eigenvalue weighted by atomic mass is 19.4. The third-order valence-electron chi connectivity index (χ3n) is 2.72. The number of hydrogen-bond acceptors (Lipinski definition) is 2. The maximum atomic E-state index is 12.6. The molecule has 1 saturated carbocycles. The van der Waals surface area contributed by atoms with Crippen molar-refractivity contribution in [3.63, 3.8) is 0 Å². The zero-order valence-corrected chi connectivity index (χ0v) is 9.54. The van der Waals surface area contributed by atoms with Crippen LogP contribution in [0.2, 0.25) is 0 Å². The maximum Gasteiger partial charge on any atom is 0.417 e. The Labute approximate surface area is 100 Å². The van der Waals surface area contributed by atoms with Crippen molar-refractivity contribution in [2.75, 3.05) is 5.32 Å². The van der Waals surface area contributed by atoms with Crippen molar-refractivity contribution in [3.05, 3.63) is 28.2 Å². The Morgan fingerprint density at radius 2 is 2.06 bits per heavy atom. The van der Waals surface area contributed by atoms with Crippen LogP contribution in [0, 0.1) is 5.92 Å². The van der Waals surface area contributed by atoms with Gasteiger partial charge < -0.3 is 9.88 Å². The maximum absolute atomic E-state index is 12.6. The van der Waals surface area contributed by atoms with Crippen LogP contribution in [0.1, 0.15) is 18.4 Å². The Morgan fingerprint density at radius 1 is 1.44 bits per heavy atom. The average Bonchev–Trinajstić information content (AvgIpc) is 3.06. The molecule has 1 aliphatic carbocycles. The van der Waals surface area contributed by atoms with Crippen molar-refractivity contribution in [2.24, 2.45) is 13.0 Å². The van der Waals surface area contributed by atoms with Gasteiger partial charge in [0.25, 0.3) is 5.56 Å². The molecule has 7 heteroatoms. The van der Waals surface area contributed by atoms with E-state index in [0.29, 0.717) is 25.1 Å². The summed E-state index contributed by atoms with van der Waals surface area (Å²) in [5, 5.41) is 2.25. The van der Waals surface area contributed by atoms with Gasteiger partial charge in [-0.3, -0.25) is 9.59 Å². The Morgan fingerprint density at radius 3 is 2.56 bits per heavy atom. The minimum absolute atomic E-state index is 0.177. The van der Waals surface area contributed by atoms with Gasteiger partial charge in [0.15, 0.2) is 0 Å². The largest absolute Gasteiger partial charge is 0.417 e. The molecule has 0 radical (unpaired) electrons. The third-order valence-corrected chi connectivity index (χ3v) is 2.72. The third kappa shape index (κ3) is 2.55. The molecule has 18 heavy (non-hydrogen) atoms. The molecule has 1 N–H and O–H groups in total. The number of anilines is 1. The van der Waals surface area contributed by atoms with Crippen molar-refractivity contribution in [1.29, 1.82) is 0 Å². The zero-order chi connectivity index (χ0) is 13.5. The fourth-order valence-electron chi connectivity index (χ4n) is 1.54. The highest BCUT2D eigenvalue weighted by Crippen LogP contribution is 2.31. The van der Waals surface area contributed by atoms with E-state index < -0.39 is 23.2 Å². The molecule has 1 amide bonds. The van der Waals surface area contributed by atoms with Crippen LogP contribution < -0.4 is 10.9 Å². The summed E-state index contributed by atoms with van der Waals surface area (Å²) in [7, 11) is 1.21. The number of carbonyl (C=O) groups excluding carboxylic acids is 1. The number of rotatable bonds is 2. The van der Waals surface area contributed by atoms with Crippen molar-refractivity contribution >= 4 is 11.6 Å². The first-order chi connectivity index (χ1) is 8.29. The second-order valence-corrected chi connectivity index (χ2v) is 4.32. The summed E-state index contributed by atoms with van der Waals surface area (Å²) in [6, 6.07) is 0.669. The van der Waals surface area contributed by atoms with Crippen molar-refractivity contribution < 1.29 is 18.0 Å². The molecular formula is C11H11F3N2O2. The smallest absolute Gasteiger partial charge is 0.321 e. The SMILES string of the molecule is Cn1cc(C(F)(F)F)cc(NC(=O)C2CC2)c1=O. The number of alkyl halides is 3. The number of hydrogen-bond donors (Lipinski definition) is 1. The number of amides is 1. The fourth-order valence-corrected chi connectivity index (χ4v) is 1.54. The van der Waals surface area contributed by atoms with E-state index in [1.807, 2.05) is 0 Å². The highest BCUT2D eigenvalue weighted by molar-refractivity contribution is 5.93. The van der Waals surface area contributed by atoms with E-state index >= 15 is 0 Å². The molecule has 0 aromatic carbocycles. The van der Waals surface area contributed by atoms with Gasteiger partial charge in [0.05, 0.1) is 5.56 Å². The summed E-state index contributed by atoms with van der Waals surface area (Å²) >= 11 is 0. The van der Waals surface area contributed by atoms with E-state index in [1.54, 1.807) is 0 Å². The predicted molar refractivity (Wildman–Crippen MR) is 58.0 cm³/mol. The Balaban J connectivity index is 2.36. The van der Waals surface area contributed by atoms with E-state index in [4.69, 9.17) is 0 Å². The van der Waals surface area contributed by atoms with E-state index in [1.165, 1.54) is 7.05 Å². The molecule has 0 atom stereocenters. The lowest BCUT2D eigenvalue weighted by Crippen LogP contribution is -2.26. The number of nitrogens with zero attached hydrogens (tertiary/aromatic N) is 1. The van der Waals surface area contributed by atoms with Crippen LogP contribution in [0.4, 0.5) is 18.9 Å². The molecule has 0 unspecified atom stereocenters. The van der Waals surface area contributed by atoms with Gasteiger partial charge in [0, 0.05) is 19.2 Å². The molecule has 0 aliphatic heterocycles. The van der Waals surface area contributed by atoms with Crippen LogP contribution >= 0.6 is 0 Å². The topological polar surface area (TPSA) is 51.1 Å². The van der Waals surface area contributed by atoms with E-state index in [-0.39, 0.29) is 11.6 Å². The first-order valence-corrected chi connectivity index (χ1v) is 5.38. The summed E-state index contributed by atoms with van der Waals surface area (Å²) in [5.41, 5.74) is -1.95. The number of pyridine rings is 1. The standard InChI is InChI=1S/C11H11F3N2O2/c1-16-5-7(11(12,13)14)4-8(10(16)18)15-9(17)6-2-3-6/h4-6H,2-3H2,1H3,(H,15,17). The lowest BCUT2D eigenvalue weighted by Gasteiger charge is -2.11. The second kappa shape index (κ2) is 4.15. The Bertz CT molecular complexity index is 544. The molecule has 0 saturated heterocycles. The first kappa shape index (κ1) is 12.7. The van der Waals surface area contributed by atoms with Crippen molar-refractivity contribution in [3.8, 4) is 0 Å². The molecular weight excluding hydrogens is 249 g/mol. The lowest BCUT2D eigenvalue weighted by molar-refractivity contribution is -0.138. The predicted octanol–water partition coefficient (Wildman–Crippen LogP) is 1.75. The van der Waals surface area contributed by atoms with Gasteiger partial charge in [-0.2, -0.15) is 13.2 Å². The molecule has 4 nitrogen and oxygen atoms in total. The van der Waals surface area contributed by atoms with Crippen molar-refractivity contribution in [1.82, 2.24) is 4.57 Å². The van der Waals surface area contributed by atoms with Gasteiger partial charge >= 0.3 is 6.18 Å². The van der Waals surface area contributed by atoms with Crippen molar-refractivity contribution in [2.45, 2.75) is 19.0 Å². The molecule has 1 aromatic heterocycles. The van der Waals surface area contributed by atoms with Crippen LogP contribution in [-0.2, 0) is 18.0 Å². The molecule has 98 valence electrons. The van der Waals surface area contributed by atoms with Gasteiger partial charge in [-0.15, -0.1) is 0 Å². The quantitative estimate of drug-likeness (QED) is 0.880. The zero-order valence-electron chi connectivity index (χ0n) is 9.54. The van der Waals surface area contributed by atoms with Gasteiger partial charge in [0.2, 0.25) is 5.91 Å². The van der Waals surface area contributed by atoms with E-state index in [0.717, 1.165) is 4.57 Å². The molecule has 1 heterocycles. The molecule has 1 fully saturated rings. The molecule has 1 aromatic rings. The number of aryl methyl sites for hydroxylation is 1. The number of nitrogens with one attached hydrogen (secondary N) is 1. The minimum atomic E-state index is -4.55. The second-order valence-electron chi connectivity index (χ2n) is 4.32. The summed E-state index contributed by atoms with van der Waals surface area (Å²) in [5.74, 6) is -0.573. The summed E-state index contributed by atoms with van der Waals surface area (Å²) in [4.78, 5) is 23.1. The molecule has 2 rings (SSSR count). The Hall–Kier alpha value is -1.79. The summed E-state index contributed by atoms with van der Waals surface area (Å²) in [6.07, 6.45) is -2.42. The molecule has 0 spiro atoms. The van der Waals surface area contributed by atoms with Gasteiger partial charge in [0.1, 0.15) is 5.69 Å². The van der Waals surface area contributed by atoms with Gasteiger partial charge in [-0.25, -0.2) is 0 Å². The fraction of sp³-hybridized carbons (Fsp3) is 0.455. The first-order valence-electron chi connectivity index (χ1n) is 5.38. The monoisotopic (exact) mass is 260 g/mol. The van der Waals surface area contributed by atoms with Crippen LogP contribution in [0.3, 0.4) is 0 Å². The molecule has 0 bridgehead atoms. The number of halogens is 3. The minimum Gasteiger partial charge on any atom is -0.321 e.